The van der Waals surface area contributed by atoms with Gasteiger partial charge in [0.15, 0.2) is 0 Å². The van der Waals surface area contributed by atoms with Gasteiger partial charge in [-0.3, -0.25) is 30.1 Å². The van der Waals surface area contributed by atoms with Crippen molar-refractivity contribution in [2.45, 2.75) is 45.1 Å². The second kappa shape index (κ2) is 9.30. The van der Waals surface area contributed by atoms with Gasteiger partial charge in [-0.05, 0) is 58.8 Å². The Kier molecular flexibility index (Phi) is 6.43. The lowest BCUT2D eigenvalue weighted by atomic mass is 9.90. The summed E-state index contributed by atoms with van der Waals surface area (Å²) >= 11 is 0. The molecule has 1 saturated heterocycles. The molecule has 34 heavy (non-hydrogen) atoms. The SMILES string of the molecule is COc1ccccc1C(=O)NNC(=O)c1cnn2c(C3CCN(C(C)(C)C)CC3)cc(=O)[nH]c12. The number of rotatable bonds is 4. The second-order valence-electron chi connectivity index (χ2n) is 9.42. The lowest BCUT2D eigenvalue weighted by Crippen LogP contribution is -2.46. The average Bonchev–Trinajstić information content (AvgIpc) is 3.25. The molecule has 1 aliphatic rings. The molecule has 10 nitrogen and oxygen atoms in total. The van der Waals surface area contributed by atoms with Crippen LogP contribution < -0.4 is 21.1 Å². The molecule has 0 spiro atoms. The number of ether oxygens (including phenoxy) is 1. The topological polar surface area (TPSA) is 121 Å². The monoisotopic (exact) mass is 466 g/mol. The summed E-state index contributed by atoms with van der Waals surface area (Å²) in [6.45, 7) is 8.44. The van der Waals surface area contributed by atoms with Crippen molar-refractivity contribution >= 4 is 17.5 Å². The summed E-state index contributed by atoms with van der Waals surface area (Å²) in [7, 11) is 1.46. The van der Waals surface area contributed by atoms with E-state index in [2.05, 4.69) is 46.6 Å². The van der Waals surface area contributed by atoms with Crippen LogP contribution >= 0.6 is 0 Å². The van der Waals surface area contributed by atoms with Crippen LogP contribution in [0.15, 0.2) is 41.3 Å². The Labute approximate surface area is 197 Å². The fourth-order valence-electron chi connectivity index (χ4n) is 4.40. The smallest absolute Gasteiger partial charge is 0.275 e. The molecule has 3 N–H and O–H groups in total. The minimum absolute atomic E-state index is 0.0968. The van der Waals surface area contributed by atoms with Gasteiger partial charge in [0.2, 0.25) is 0 Å². The van der Waals surface area contributed by atoms with Crippen molar-refractivity contribution in [2.75, 3.05) is 20.2 Å². The number of piperidine rings is 1. The number of amides is 2. The first-order valence-corrected chi connectivity index (χ1v) is 11.3. The normalized spacial score (nSPS) is 15.3. The Bertz CT molecular complexity index is 1260. The zero-order valence-electron chi connectivity index (χ0n) is 19.8. The van der Waals surface area contributed by atoms with E-state index in [-0.39, 0.29) is 28.1 Å². The highest BCUT2D eigenvalue weighted by Crippen LogP contribution is 2.30. The van der Waals surface area contributed by atoms with Crippen LogP contribution in [0.4, 0.5) is 0 Å². The molecule has 0 radical (unpaired) electrons. The van der Waals surface area contributed by atoms with E-state index in [4.69, 9.17) is 4.74 Å². The molecule has 2 amide bonds. The van der Waals surface area contributed by atoms with Crippen LogP contribution in [0.2, 0.25) is 0 Å². The van der Waals surface area contributed by atoms with Crippen molar-refractivity contribution in [3.05, 3.63) is 63.7 Å². The first-order chi connectivity index (χ1) is 16.2. The van der Waals surface area contributed by atoms with E-state index in [1.54, 1.807) is 34.8 Å². The van der Waals surface area contributed by atoms with Gasteiger partial charge in [0, 0.05) is 17.5 Å². The maximum absolute atomic E-state index is 12.8. The standard InChI is InChI=1S/C24H30N6O4/c1-24(2,3)29-11-9-15(10-12-29)18-13-20(31)26-21-17(14-25-30(18)21)23(33)28-27-22(32)16-7-5-6-8-19(16)34-4/h5-8,13-15H,9-12H2,1-4H3,(H,26,31)(H,27,32)(H,28,33). The number of nitrogens with one attached hydrogen (secondary N) is 3. The number of carbonyl (C=O) groups is 2. The Morgan fingerprint density at radius 2 is 1.74 bits per heavy atom. The highest BCUT2D eigenvalue weighted by atomic mass is 16.5. The molecule has 10 heteroatoms. The minimum Gasteiger partial charge on any atom is -0.496 e. The summed E-state index contributed by atoms with van der Waals surface area (Å²) in [5, 5.41) is 4.38. The average molecular weight is 467 g/mol. The number of aromatic nitrogens is 3. The maximum atomic E-state index is 12.8. The highest BCUT2D eigenvalue weighted by molar-refractivity contribution is 6.02. The summed E-state index contributed by atoms with van der Waals surface area (Å²) < 4.78 is 6.80. The molecule has 2 aromatic heterocycles. The van der Waals surface area contributed by atoms with Crippen LogP contribution in [-0.4, -0.2) is 57.1 Å². The summed E-state index contributed by atoms with van der Waals surface area (Å²) in [4.78, 5) is 42.9. The van der Waals surface area contributed by atoms with Crippen LogP contribution in [0.25, 0.3) is 5.65 Å². The number of likely N-dealkylation sites (tertiary alicyclic amines) is 1. The van der Waals surface area contributed by atoms with E-state index in [0.29, 0.717) is 11.4 Å². The van der Waals surface area contributed by atoms with E-state index in [9.17, 15) is 14.4 Å². The Hall–Kier alpha value is -3.66. The number of benzene rings is 1. The quantitative estimate of drug-likeness (QED) is 0.507. The molecule has 4 rings (SSSR count). The fraction of sp³-hybridized carbons (Fsp3) is 0.417. The summed E-state index contributed by atoms with van der Waals surface area (Å²) in [5.41, 5.74) is 6.09. The number of hydrazine groups is 1. The third-order valence-electron chi connectivity index (χ3n) is 6.28. The predicted molar refractivity (Wildman–Crippen MR) is 127 cm³/mol. The van der Waals surface area contributed by atoms with Gasteiger partial charge in [0.05, 0.1) is 24.6 Å². The number of para-hydroxylation sites is 1. The molecule has 0 bridgehead atoms. The van der Waals surface area contributed by atoms with E-state index < -0.39 is 11.8 Å². The molecule has 0 saturated carbocycles. The number of nitrogens with zero attached hydrogens (tertiary/aromatic N) is 3. The van der Waals surface area contributed by atoms with E-state index in [1.165, 1.54) is 13.3 Å². The van der Waals surface area contributed by atoms with Crippen LogP contribution in [0.3, 0.4) is 0 Å². The van der Waals surface area contributed by atoms with Crippen molar-refractivity contribution in [1.29, 1.82) is 0 Å². The number of H-pyrrole nitrogens is 1. The fourth-order valence-corrected chi connectivity index (χ4v) is 4.40. The Morgan fingerprint density at radius 3 is 2.38 bits per heavy atom. The summed E-state index contributed by atoms with van der Waals surface area (Å²) in [5.74, 6) is -0.572. The van der Waals surface area contributed by atoms with E-state index >= 15 is 0 Å². The van der Waals surface area contributed by atoms with Gasteiger partial charge in [-0.1, -0.05) is 12.1 Å². The molecule has 0 aliphatic carbocycles. The number of hydrogen-bond acceptors (Lipinski definition) is 6. The maximum Gasteiger partial charge on any atom is 0.275 e. The van der Waals surface area contributed by atoms with Gasteiger partial charge in [0.1, 0.15) is 17.0 Å². The van der Waals surface area contributed by atoms with Crippen LogP contribution in [-0.2, 0) is 0 Å². The second-order valence-corrected chi connectivity index (χ2v) is 9.42. The van der Waals surface area contributed by atoms with Crippen LogP contribution in [0.5, 0.6) is 5.75 Å². The molecular formula is C24H30N6O4. The number of aromatic amines is 1. The molecule has 0 unspecified atom stereocenters. The minimum atomic E-state index is -0.589. The number of methoxy groups -OCH3 is 1. The summed E-state index contributed by atoms with van der Waals surface area (Å²) in [6.07, 6.45) is 3.18. The van der Waals surface area contributed by atoms with Crippen molar-refractivity contribution in [3.63, 3.8) is 0 Å². The molecule has 1 aromatic carbocycles. The first kappa shape index (κ1) is 23.5. The highest BCUT2D eigenvalue weighted by Gasteiger charge is 2.29. The third-order valence-corrected chi connectivity index (χ3v) is 6.28. The lowest BCUT2D eigenvalue weighted by Gasteiger charge is -2.40. The van der Waals surface area contributed by atoms with Gasteiger partial charge in [0.25, 0.3) is 17.4 Å². The van der Waals surface area contributed by atoms with Crippen molar-refractivity contribution in [1.82, 2.24) is 30.3 Å². The van der Waals surface area contributed by atoms with Crippen LogP contribution in [0, 0.1) is 0 Å². The Balaban J connectivity index is 1.52. The number of carbonyl (C=O) groups excluding carboxylic acids is 2. The van der Waals surface area contributed by atoms with Crippen LogP contribution in [0.1, 0.15) is 65.9 Å². The number of hydrogen-bond donors (Lipinski definition) is 3. The van der Waals surface area contributed by atoms with E-state index in [0.717, 1.165) is 31.6 Å². The van der Waals surface area contributed by atoms with Gasteiger partial charge in [-0.15, -0.1) is 0 Å². The molecule has 3 heterocycles. The number of fused-ring (bicyclic) bond motifs is 1. The Morgan fingerprint density at radius 1 is 1.09 bits per heavy atom. The molecular weight excluding hydrogens is 436 g/mol. The van der Waals surface area contributed by atoms with Gasteiger partial charge >= 0.3 is 0 Å². The molecule has 3 aromatic rings. The molecule has 1 fully saturated rings. The zero-order chi connectivity index (χ0) is 24.5. The van der Waals surface area contributed by atoms with Crippen molar-refractivity contribution < 1.29 is 14.3 Å². The van der Waals surface area contributed by atoms with Gasteiger partial charge in [-0.25, -0.2) is 4.52 Å². The lowest BCUT2D eigenvalue weighted by molar-refractivity contribution is 0.0845. The third kappa shape index (κ3) is 4.67. The predicted octanol–water partition coefficient (Wildman–Crippen LogP) is 2.08. The van der Waals surface area contributed by atoms with Gasteiger partial charge in [-0.2, -0.15) is 5.10 Å². The molecule has 1 aliphatic heterocycles. The summed E-state index contributed by atoms with van der Waals surface area (Å²) in [6, 6.07) is 8.24. The van der Waals surface area contributed by atoms with Gasteiger partial charge < -0.3 is 9.72 Å². The molecule has 180 valence electrons. The molecule has 0 atom stereocenters. The van der Waals surface area contributed by atoms with Crippen molar-refractivity contribution in [2.24, 2.45) is 0 Å². The zero-order valence-corrected chi connectivity index (χ0v) is 19.8. The first-order valence-electron chi connectivity index (χ1n) is 11.3. The largest absolute Gasteiger partial charge is 0.496 e. The van der Waals surface area contributed by atoms with E-state index in [1.807, 2.05) is 0 Å². The van der Waals surface area contributed by atoms with Crippen molar-refractivity contribution in [3.8, 4) is 5.75 Å².